The van der Waals surface area contributed by atoms with Crippen molar-refractivity contribution < 1.29 is 18.4 Å². The number of halogens is 1. The van der Waals surface area contributed by atoms with Crippen LogP contribution in [0, 0.1) is 0 Å². The van der Waals surface area contributed by atoms with Crippen LogP contribution in [0.15, 0.2) is 53.1 Å². The number of hydrogen-bond acceptors (Lipinski definition) is 6. The molecule has 1 aromatic carbocycles. The molecule has 0 atom stereocenters. The molecule has 1 saturated heterocycles. The fourth-order valence-corrected chi connectivity index (χ4v) is 2.99. The third-order valence-electron chi connectivity index (χ3n) is 4.42. The van der Waals surface area contributed by atoms with Gasteiger partial charge in [0.15, 0.2) is 0 Å². The summed E-state index contributed by atoms with van der Waals surface area (Å²) < 4.78 is 18.9. The molecule has 1 aliphatic heterocycles. The Morgan fingerprint density at radius 3 is 2.76 bits per heavy atom. The van der Waals surface area contributed by atoms with Gasteiger partial charge in [-0.25, -0.2) is 14.4 Å². The van der Waals surface area contributed by atoms with Crippen LogP contribution in [-0.2, 0) is 11.5 Å². The number of piperazine rings is 1. The number of hydrogen-bond donors (Lipinski definition) is 2. The molecule has 29 heavy (non-hydrogen) atoms. The number of oxazole rings is 1. The van der Waals surface area contributed by atoms with Crippen molar-refractivity contribution in [3.8, 4) is 11.5 Å². The lowest BCUT2D eigenvalue weighted by atomic mass is 10.2. The summed E-state index contributed by atoms with van der Waals surface area (Å²) in [5.74, 6) is -0.0374. The molecule has 8 nitrogen and oxygen atoms in total. The van der Waals surface area contributed by atoms with Crippen molar-refractivity contribution >= 4 is 23.3 Å². The maximum Gasteiger partial charge on any atom is 0.293 e. The number of pyridine rings is 1. The van der Waals surface area contributed by atoms with Gasteiger partial charge < -0.3 is 20.0 Å². The molecule has 3 heterocycles. The molecule has 9 heteroatoms. The zero-order chi connectivity index (χ0) is 20.2. The summed E-state index contributed by atoms with van der Waals surface area (Å²) in [4.78, 5) is 34.3. The monoisotopic (exact) mass is 395 g/mol. The fourth-order valence-electron chi connectivity index (χ4n) is 2.99. The van der Waals surface area contributed by atoms with Crippen LogP contribution >= 0.6 is 0 Å². The summed E-state index contributed by atoms with van der Waals surface area (Å²) in [6.07, 6.45) is 1.48. The number of alkyl halides is 1. The topological polar surface area (TPSA) is 100 Å². The van der Waals surface area contributed by atoms with E-state index >= 15 is 0 Å². The highest BCUT2D eigenvalue weighted by Gasteiger charge is 2.22. The van der Waals surface area contributed by atoms with Crippen molar-refractivity contribution in [2.24, 2.45) is 0 Å². The Kier molecular flexibility index (Phi) is 5.19. The molecule has 2 N–H and O–H groups in total. The molecular formula is C20H18FN5O3. The first kappa shape index (κ1) is 18.6. The minimum atomic E-state index is -0.923. The predicted molar refractivity (Wildman–Crippen MR) is 104 cm³/mol. The lowest BCUT2D eigenvalue weighted by Crippen LogP contribution is -2.48. The number of nitrogens with one attached hydrogen (secondary N) is 2. The number of rotatable bonds is 5. The summed E-state index contributed by atoms with van der Waals surface area (Å²) in [6.45, 7) is 0.525. The van der Waals surface area contributed by atoms with Crippen LogP contribution < -0.4 is 15.5 Å². The van der Waals surface area contributed by atoms with Crippen molar-refractivity contribution in [1.29, 1.82) is 0 Å². The summed E-state index contributed by atoms with van der Waals surface area (Å²) in [6, 6.07) is 12.3. The van der Waals surface area contributed by atoms with Gasteiger partial charge in [0.1, 0.15) is 18.2 Å². The maximum atomic E-state index is 13.4. The Balaban J connectivity index is 1.49. The van der Waals surface area contributed by atoms with Gasteiger partial charge in [0.2, 0.25) is 17.6 Å². The minimum absolute atomic E-state index is 0.0614. The Bertz CT molecular complexity index is 1020. The maximum absolute atomic E-state index is 13.4. The van der Waals surface area contributed by atoms with Crippen molar-refractivity contribution in [2.45, 2.75) is 6.67 Å². The molecule has 0 spiro atoms. The molecule has 0 bridgehead atoms. The largest absolute Gasteiger partial charge is 0.431 e. The van der Waals surface area contributed by atoms with E-state index in [4.69, 9.17) is 4.42 Å². The Morgan fingerprint density at radius 1 is 1.24 bits per heavy atom. The highest BCUT2D eigenvalue weighted by Crippen LogP contribution is 2.24. The number of aromatic nitrogens is 2. The van der Waals surface area contributed by atoms with E-state index in [1.54, 1.807) is 36.4 Å². The first-order valence-electron chi connectivity index (χ1n) is 9.04. The zero-order valence-corrected chi connectivity index (χ0v) is 15.4. The van der Waals surface area contributed by atoms with Gasteiger partial charge in [-0.2, -0.15) is 0 Å². The fraction of sp³-hybridized carbons (Fsp3) is 0.200. The minimum Gasteiger partial charge on any atom is -0.431 e. The van der Waals surface area contributed by atoms with Gasteiger partial charge in [-0.1, -0.05) is 18.2 Å². The molecule has 2 amide bonds. The lowest BCUT2D eigenvalue weighted by Gasteiger charge is -2.27. The normalized spacial score (nSPS) is 13.8. The standard InChI is InChI=1S/C20H18FN5O3/c21-10-15-18(29-20(25-15)13-4-2-1-3-5-13)19(28)24-14-6-7-16(23-11-14)26-9-8-22-17(27)12-26/h1-7,11H,8-10,12H2,(H,22,27)(H,24,28). The van der Waals surface area contributed by atoms with E-state index in [0.717, 1.165) is 0 Å². The third kappa shape index (κ3) is 4.08. The molecule has 148 valence electrons. The zero-order valence-electron chi connectivity index (χ0n) is 15.4. The van der Waals surface area contributed by atoms with Crippen molar-refractivity contribution in [1.82, 2.24) is 15.3 Å². The first-order chi connectivity index (χ1) is 14.1. The molecule has 1 fully saturated rings. The highest BCUT2D eigenvalue weighted by atomic mass is 19.1. The lowest BCUT2D eigenvalue weighted by molar-refractivity contribution is -0.120. The van der Waals surface area contributed by atoms with Crippen molar-refractivity contribution in [3.05, 3.63) is 60.1 Å². The number of amides is 2. The second-order valence-electron chi connectivity index (χ2n) is 6.43. The van der Waals surface area contributed by atoms with Crippen LogP contribution in [0.1, 0.15) is 16.2 Å². The van der Waals surface area contributed by atoms with Crippen LogP contribution in [-0.4, -0.2) is 41.4 Å². The number of carbonyl (C=O) groups is 2. The Morgan fingerprint density at radius 2 is 2.07 bits per heavy atom. The predicted octanol–water partition coefficient (Wildman–Crippen LogP) is 2.39. The second kappa shape index (κ2) is 8.09. The van der Waals surface area contributed by atoms with Crippen LogP contribution in [0.25, 0.3) is 11.5 Å². The van der Waals surface area contributed by atoms with E-state index < -0.39 is 12.6 Å². The van der Waals surface area contributed by atoms with E-state index in [9.17, 15) is 14.0 Å². The Hall–Kier alpha value is -3.75. The third-order valence-corrected chi connectivity index (χ3v) is 4.42. The van der Waals surface area contributed by atoms with E-state index in [-0.39, 0.29) is 29.8 Å². The summed E-state index contributed by atoms with van der Waals surface area (Å²) in [7, 11) is 0. The van der Waals surface area contributed by atoms with Crippen LogP contribution in [0.3, 0.4) is 0 Å². The smallest absolute Gasteiger partial charge is 0.293 e. The van der Waals surface area contributed by atoms with Crippen molar-refractivity contribution in [3.63, 3.8) is 0 Å². The molecule has 0 aliphatic carbocycles. The van der Waals surface area contributed by atoms with Gasteiger partial charge in [0.05, 0.1) is 18.4 Å². The SMILES string of the molecule is O=C1CN(c2ccc(NC(=O)c3oc(-c4ccccc4)nc3CF)cn2)CCN1. The quantitative estimate of drug-likeness (QED) is 0.688. The van der Waals surface area contributed by atoms with Gasteiger partial charge in [-0.3, -0.25) is 9.59 Å². The molecule has 1 aliphatic rings. The van der Waals surface area contributed by atoms with Crippen LogP contribution in [0.5, 0.6) is 0 Å². The second-order valence-corrected chi connectivity index (χ2v) is 6.43. The molecule has 0 unspecified atom stereocenters. The number of nitrogens with zero attached hydrogens (tertiary/aromatic N) is 3. The molecular weight excluding hydrogens is 377 g/mol. The Labute approximate surface area is 165 Å². The van der Waals surface area contributed by atoms with Crippen molar-refractivity contribution in [2.75, 3.05) is 29.9 Å². The van der Waals surface area contributed by atoms with E-state index in [0.29, 0.717) is 30.2 Å². The number of benzene rings is 1. The van der Waals surface area contributed by atoms with Gasteiger partial charge in [-0.15, -0.1) is 0 Å². The van der Waals surface area contributed by atoms with E-state index in [2.05, 4.69) is 20.6 Å². The van der Waals surface area contributed by atoms with E-state index in [1.807, 2.05) is 11.0 Å². The number of carbonyl (C=O) groups excluding carboxylic acids is 2. The average Bonchev–Trinajstić information content (AvgIpc) is 3.20. The summed E-state index contributed by atoms with van der Waals surface area (Å²) in [5, 5.41) is 5.39. The summed E-state index contributed by atoms with van der Waals surface area (Å²) >= 11 is 0. The summed E-state index contributed by atoms with van der Waals surface area (Å²) in [5.41, 5.74) is 1.01. The molecule has 0 saturated carbocycles. The first-order valence-corrected chi connectivity index (χ1v) is 9.04. The molecule has 3 aromatic rings. The van der Waals surface area contributed by atoms with Gasteiger partial charge >= 0.3 is 0 Å². The van der Waals surface area contributed by atoms with Crippen LogP contribution in [0.2, 0.25) is 0 Å². The van der Waals surface area contributed by atoms with E-state index in [1.165, 1.54) is 6.20 Å². The average molecular weight is 395 g/mol. The highest BCUT2D eigenvalue weighted by molar-refractivity contribution is 6.03. The molecule has 0 radical (unpaired) electrons. The number of anilines is 2. The molecule has 4 rings (SSSR count). The van der Waals surface area contributed by atoms with Crippen LogP contribution in [0.4, 0.5) is 15.9 Å². The van der Waals surface area contributed by atoms with Gasteiger partial charge in [-0.05, 0) is 24.3 Å². The van der Waals surface area contributed by atoms with Gasteiger partial charge in [0.25, 0.3) is 5.91 Å². The van der Waals surface area contributed by atoms with Gasteiger partial charge in [0, 0.05) is 18.7 Å². The molecule has 2 aromatic heterocycles.